The number of anilines is 1. The molecule has 116 valence electrons. The summed E-state index contributed by atoms with van der Waals surface area (Å²) >= 11 is 5.81. The lowest BCUT2D eigenvalue weighted by atomic mass is 9.97. The lowest BCUT2D eigenvalue weighted by Crippen LogP contribution is -2.21. The summed E-state index contributed by atoms with van der Waals surface area (Å²) < 4.78 is 5.45. The fraction of sp³-hybridized carbons (Fsp3) is 0.278. The van der Waals surface area contributed by atoms with Crippen LogP contribution < -0.4 is 10.1 Å². The van der Waals surface area contributed by atoms with Gasteiger partial charge in [-0.05, 0) is 48.2 Å². The summed E-state index contributed by atoms with van der Waals surface area (Å²) in [5, 5.41) is 3.56. The van der Waals surface area contributed by atoms with E-state index in [1.54, 1.807) is 24.3 Å². The third-order valence-electron chi connectivity index (χ3n) is 3.56. The number of hydrogen-bond acceptors (Lipinski definition) is 2. The highest BCUT2D eigenvalue weighted by molar-refractivity contribution is 6.30. The SMILES string of the molecule is CC[C@@H](C)c1ccccc1NC(=O)COc1ccc(Cl)cc1. The Morgan fingerprint density at radius 1 is 1.18 bits per heavy atom. The number of carbonyl (C=O) groups excluding carboxylic acids is 1. The van der Waals surface area contributed by atoms with Crippen LogP contribution in [0.15, 0.2) is 48.5 Å². The normalized spacial score (nSPS) is 11.8. The Morgan fingerprint density at radius 3 is 2.55 bits per heavy atom. The summed E-state index contributed by atoms with van der Waals surface area (Å²) in [5.74, 6) is 0.842. The maximum absolute atomic E-state index is 12.1. The van der Waals surface area contributed by atoms with Crippen LogP contribution in [0.2, 0.25) is 5.02 Å². The molecule has 0 spiro atoms. The van der Waals surface area contributed by atoms with Crippen molar-refractivity contribution in [3.05, 3.63) is 59.1 Å². The van der Waals surface area contributed by atoms with E-state index in [0.29, 0.717) is 16.7 Å². The van der Waals surface area contributed by atoms with Gasteiger partial charge in [0.05, 0.1) is 0 Å². The van der Waals surface area contributed by atoms with Gasteiger partial charge in [0, 0.05) is 10.7 Å². The van der Waals surface area contributed by atoms with E-state index in [-0.39, 0.29) is 12.5 Å². The highest BCUT2D eigenvalue weighted by Crippen LogP contribution is 2.26. The van der Waals surface area contributed by atoms with Crippen LogP contribution in [0.5, 0.6) is 5.75 Å². The van der Waals surface area contributed by atoms with Crippen LogP contribution in [0.4, 0.5) is 5.69 Å². The van der Waals surface area contributed by atoms with Crippen molar-refractivity contribution in [3.8, 4) is 5.75 Å². The Kier molecular flexibility index (Phi) is 5.84. The van der Waals surface area contributed by atoms with E-state index in [1.165, 1.54) is 0 Å². The first kappa shape index (κ1) is 16.4. The molecular formula is C18H20ClNO2. The molecule has 0 heterocycles. The van der Waals surface area contributed by atoms with Crippen molar-refractivity contribution in [1.29, 1.82) is 0 Å². The molecule has 0 aromatic heterocycles. The monoisotopic (exact) mass is 317 g/mol. The number of carbonyl (C=O) groups is 1. The molecule has 0 unspecified atom stereocenters. The van der Waals surface area contributed by atoms with E-state index in [1.807, 2.05) is 24.3 Å². The van der Waals surface area contributed by atoms with E-state index < -0.39 is 0 Å². The number of benzene rings is 2. The minimum absolute atomic E-state index is 0.0313. The van der Waals surface area contributed by atoms with Crippen LogP contribution in [-0.2, 0) is 4.79 Å². The molecule has 1 amide bonds. The Morgan fingerprint density at radius 2 is 1.86 bits per heavy atom. The van der Waals surface area contributed by atoms with Crippen LogP contribution in [0.1, 0.15) is 31.7 Å². The molecule has 22 heavy (non-hydrogen) atoms. The topological polar surface area (TPSA) is 38.3 Å². The second kappa shape index (κ2) is 7.85. The van der Waals surface area contributed by atoms with E-state index >= 15 is 0 Å². The summed E-state index contributed by atoms with van der Waals surface area (Å²) in [6.07, 6.45) is 1.02. The van der Waals surface area contributed by atoms with E-state index in [2.05, 4.69) is 19.2 Å². The Balaban J connectivity index is 1.96. The van der Waals surface area contributed by atoms with Crippen LogP contribution in [0.3, 0.4) is 0 Å². The zero-order chi connectivity index (χ0) is 15.9. The Bertz CT molecular complexity index is 625. The number of nitrogens with one attached hydrogen (secondary N) is 1. The van der Waals surface area contributed by atoms with Crippen molar-refractivity contribution in [1.82, 2.24) is 0 Å². The third kappa shape index (κ3) is 4.50. The fourth-order valence-electron chi connectivity index (χ4n) is 2.13. The van der Waals surface area contributed by atoms with Gasteiger partial charge >= 0.3 is 0 Å². The number of halogens is 1. The van der Waals surface area contributed by atoms with Crippen LogP contribution >= 0.6 is 11.6 Å². The third-order valence-corrected chi connectivity index (χ3v) is 3.81. The molecule has 2 aromatic carbocycles. The molecule has 0 aliphatic heterocycles. The molecule has 0 saturated carbocycles. The van der Waals surface area contributed by atoms with Crippen LogP contribution in [0, 0.1) is 0 Å². The predicted octanol–water partition coefficient (Wildman–Crippen LogP) is 4.87. The zero-order valence-corrected chi connectivity index (χ0v) is 13.6. The van der Waals surface area contributed by atoms with E-state index in [0.717, 1.165) is 17.7 Å². The molecule has 0 bridgehead atoms. The summed E-state index contributed by atoms with van der Waals surface area (Å²) in [4.78, 5) is 12.1. The quantitative estimate of drug-likeness (QED) is 0.825. The molecule has 0 saturated heterocycles. The first-order valence-corrected chi connectivity index (χ1v) is 7.75. The van der Waals surface area contributed by atoms with Gasteiger partial charge < -0.3 is 10.1 Å². The summed E-state index contributed by atoms with van der Waals surface area (Å²) in [6, 6.07) is 14.8. The Labute approximate surface area is 136 Å². The predicted molar refractivity (Wildman–Crippen MR) is 90.7 cm³/mol. The smallest absolute Gasteiger partial charge is 0.262 e. The molecule has 0 aliphatic rings. The minimum Gasteiger partial charge on any atom is -0.484 e. The van der Waals surface area contributed by atoms with E-state index in [9.17, 15) is 4.79 Å². The second-order valence-corrected chi connectivity index (χ2v) is 5.62. The van der Waals surface area contributed by atoms with Crippen molar-refractivity contribution in [3.63, 3.8) is 0 Å². The molecule has 3 nitrogen and oxygen atoms in total. The van der Waals surface area contributed by atoms with E-state index in [4.69, 9.17) is 16.3 Å². The molecule has 0 fully saturated rings. The van der Waals surface area contributed by atoms with Gasteiger partial charge in [-0.3, -0.25) is 4.79 Å². The van der Waals surface area contributed by atoms with Gasteiger partial charge in [0.15, 0.2) is 6.61 Å². The van der Waals surface area contributed by atoms with Crippen molar-refractivity contribution in [2.24, 2.45) is 0 Å². The average Bonchev–Trinajstić information content (AvgIpc) is 2.54. The standard InChI is InChI=1S/C18H20ClNO2/c1-3-13(2)16-6-4-5-7-17(16)20-18(21)12-22-15-10-8-14(19)9-11-15/h4-11,13H,3,12H2,1-2H3,(H,20,21)/t13-/m1/s1. The van der Waals surface area contributed by atoms with Gasteiger partial charge in [-0.15, -0.1) is 0 Å². The number of ether oxygens (including phenoxy) is 1. The number of para-hydroxylation sites is 1. The van der Waals surface area contributed by atoms with Gasteiger partial charge in [-0.1, -0.05) is 43.6 Å². The maximum Gasteiger partial charge on any atom is 0.262 e. The second-order valence-electron chi connectivity index (χ2n) is 5.19. The summed E-state index contributed by atoms with van der Waals surface area (Å²) in [6.45, 7) is 4.25. The van der Waals surface area contributed by atoms with Crippen molar-refractivity contribution >= 4 is 23.2 Å². The fourth-order valence-corrected chi connectivity index (χ4v) is 2.25. The molecule has 1 atom stereocenters. The Hall–Kier alpha value is -2.00. The van der Waals surface area contributed by atoms with Gasteiger partial charge in [0.1, 0.15) is 5.75 Å². The zero-order valence-electron chi connectivity index (χ0n) is 12.8. The van der Waals surface area contributed by atoms with Crippen LogP contribution in [-0.4, -0.2) is 12.5 Å². The average molecular weight is 318 g/mol. The molecule has 0 radical (unpaired) electrons. The molecular weight excluding hydrogens is 298 g/mol. The first-order valence-electron chi connectivity index (χ1n) is 7.37. The lowest BCUT2D eigenvalue weighted by molar-refractivity contribution is -0.118. The van der Waals surface area contributed by atoms with Crippen molar-refractivity contribution < 1.29 is 9.53 Å². The van der Waals surface area contributed by atoms with Crippen LogP contribution in [0.25, 0.3) is 0 Å². The van der Waals surface area contributed by atoms with Gasteiger partial charge in [-0.25, -0.2) is 0 Å². The van der Waals surface area contributed by atoms with Crippen molar-refractivity contribution in [2.45, 2.75) is 26.2 Å². The maximum atomic E-state index is 12.1. The molecule has 2 rings (SSSR count). The van der Waals surface area contributed by atoms with Gasteiger partial charge in [-0.2, -0.15) is 0 Å². The number of amides is 1. The van der Waals surface area contributed by atoms with Gasteiger partial charge in [0.25, 0.3) is 5.91 Å². The molecule has 4 heteroatoms. The lowest BCUT2D eigenvalue weighted by Gasteiger charge is -2.15. The highest BCUT2D eigenvalue weighted by atomic mass is 35.5. The highest BCUT2D eigenvalue weighted by Gasteiger charge is 2.11. The number of hydrogen-bond donors (Lipinski definition) is 1. The molecule has 1 N–H and O–H groups in total. The molecule has 2 aromatic rings. The largest absolute Gasteiger partial charge is 0.484 e. The van der Waals surface area contributed by atoms with Gasteiger partial charge in [0.2, 0.25) is 0 Å². The van der Waals surface area contributed by atoms with Crippen molar-refractivity contribution in [2.75, 3.05) is 11.9 Å². The number of rotatable bonds is 6. The summed E-state index contributed by atoms with van der Waals surface area (Å²) in [7, 11) is 0. The molecule has 0 aliphatic carbocycles. The first-order chi connectivity index (χ1) is 10.6. The summed E-state index contributed by atoms with van der Waals surface area (Å²) in [5.41, 5.74) is 1.99. The minimum atomic E-state index is -0.175.